The van der Waals surface area contributed by atoms with Crippen molar-refractivity contribution in [3.8, 4) is 11.5 Å². The molecule has 0 aromatic heterocycles. The number of piperazine rings is 1. The summed E-state index contributed by atoms with van der Waals surface area (Å²) >= 11 is 6.29. The van der Waals surface area contributed by atoms with E-state index in [-0.39, 0.29) is 24.6 Å². The van der Waals surface area contributed by atoms with E-state index in [2.05, 4.69) is 18.0 Å². The van der Waals surface area contributed by atoms with Crippen molar-refractivity contribution in [2.75, 3.05) is 26.7 Å². The predicted molar refractivity (Wildman–Crippen MR) is 163 cm³/mol. The third-order valence-corrected chi connectivity index (χ3v) is 7.21. The molecule has 4 rings (SSSR count). The number of benzene rings is 2. The van der Waals surface area contributed by atoms with E-state index in [4.69, 9.17) is 26.1 Å². The van der Waals surface area contributed by atoms with E-state index in [0.29, 0.717) is 46.6 Å². The number of amides is 3. The van der Waals surface area contributed by atoms with E-state index < -0.39 is 12.1 Å². The minimum atomic E-state index is -0.587. The van der Waals surface area contributed by atoms with Crippen LogP contribution in [0.1, 0.15) is 43.5 Å². The summed E-state index contributed by atoms with van der Waals surface area (Å²) in [4.78, 5) is 35.0. The predicted octanol–water partition coefficient (Wildman–Crippen LogP) is 5.77. The second-order valence-corrected chi connectivity index (χ2v) is 10.7. The third-order valence-electron chi connectivity index (χ3n) is 6.87. The molecule has 216 valence electrons. The Morgan fingerprint density at radius 3 is 2.66 bits per heavy atom. The number of aryl methyl sites for hydroxylation is 1. The number of hydrogen-bond donors (Lipinski definition) is 1. The Balaban J connectivity index is 1.93. The smallest absolute Gasteiger partial charge is 0.326 e. The molecule has 0 radical (unpaired) electrons. The Labute approximate surface area is 247 Å². The third kappa shape index (κ3) is 6.82. The topological polar surface area (TPSA) is 83.5 Å². The number of ether oxygens (including phenoxy) is 2. The number of aliphatic imine (C=N–C) groups is 1. The monoisotopic (exact) mass is 576 g/mol. The number of carbonyl (C=O) groups excluding carboxylic acids is 2. The zero-order valence-corrected chi connectivity index (χ0v) is 24.9. The molecular weight excluding hydrogens is 540 g/mol. The van der Waals surface area contributed by atoms with Crippen LogP contribution in [-0.2, 0) is 4.79 Å². The van der Waals surface area contributed by atoms with Crippen molar-refractivity contribution < 1.29 is 19.1 Å². The van der Waals surface area contributed by atoms with Gasteiger partial charge in [0.15, 0.2) is 0 Å². The number of halogens is 1. The van der Waals surface area contributed by atoms with Gasteiger partial charge in [0.25, 0.3) is 0 Å². The molecule has 3 amide bonds. The Bertz CT molecular complexity index is 1410. The summed E-state index contributed by atoms with van der Waals surface area (Å²) in [6.45, 7) is 12.8. The Hall–Kier alpha value is -4.04. The molecule has 41 heavy (non-hydrogen) atoms. The standard InChI is InChI=1S/C32H37ClN4O4/c1-7-24(33)12-11-22(5)30-29(23-10-8-9-21(4)17-23)35-31(37(30)32(39)36-16-15-34-28(38)19-36)26-14-13-25(40-6)18-27(26)41-20(2)3/h7-14,17-18,20,29-30H,5,15-16,19H2,1-4,6H3,(H,34,38)/b12-11-,24-7+/t29-,30+/m0/s1. The molecular formula is C32H37ClN4O4. The summed E-state index contributed by atoms with van der Waals surface area (Å²) in [6.07, 6.45) is 5.22. The van der Waals surface area contributed by atoms with E-state index >= 15 is 0 Å². The van der Waals surface area contributed by atoms with Gasteiger partial charge < -0.3 is 19.7 Å². The first-order valence-corrected chi connectivity index (χ1v) is 14.0. The Kier molecular flexibility index (Phi) is 9.55. The van der Waals surface area contributed by atoms with Crippen molar-refractivity contribution in [3.05, 3.63) is 94.6 Å². The van der Waals surface area contributed by atoms with Crippen molar-refractivity contribution in [1.82, 2.24) is 15.1 Å². The number of allylic oxidation sites excluding steroid dienone is 3. The van der Waals surface area contributed by atoms with Crippen LogP contribution >= 0.6 is 11.6 Å². The van der Waals surface area contributed by atoms with Crippen LogP contribution in [-0.4, -0.2) is 66.5 Å². The quantitative estimate of drug-likeness (QED) is 0.404. The number of hydrogen-bond acceptors (Lipinski definition) is 5. The van der Waals surface area contributed by atoms with E-state index in [1.807, 2.05) is 64.1 Å². The Morgan fingerprint density at radius 1 is 1.22 bits per heavy atom. The fourth-order valence-corrected chi connectivity index (χ4v) is 4.99. The van der Waals surface area contributed by atoms with Crippen molar-refractivity contribution in [3.63, 3.8) is 0 Å². The number of rotatable bonds is 8. The average Bonchev–Trinajstić information content (AvgIpc) is 3.35. The van der Waals surface area contributed by atoms with Crippen molar-refractivity contribution in [1.29, 1.82) is 0 Å². The molecule has 2 aromatic carbocycles. The molecule has 1 N–H and O–H groups in total. The number of urea groups is 1. The van der Waals surface area contributed by atoms with Gasteiger partial charge in [-0.2, -0.15) is 0 Å². The first-order chi connectivity index (χ1) is 19.6. The summed E-state index contributed by atoms with van der Waals surface area (Å²) < 4.78 is 11.7. The number of nitrogens with one attached hydrogen (secondary N) is 1. The maximum atomic E-state index is 14.4. The highest BCUT2D eigenvalue weighted by atomic mass is 35.5. The molecule has 2 aliphatic rings. The molecule has 2 heterocycles. The lowest BCUT2D eigenvalue weighted by Crippen LogP contribution is -2.56. The highest BCUT2D eigenvalue weighted by Crippen LogP contribution is 2.40. The van der Waals surface area contributed by atoms with E-state index in [1.165, 1.54) is 0 Å². The minimum Gasteiger partial charge on any atom is -0.497 e. The molecule has 9 heteroatoms. The van der Waals surface area contributed by atoms with Gasteiger partial charge in [-0.25, -0.2) is 4.79 Å². The molecule has 0 aliphatic carbocycles. The molecule has 2 aromatic rings. The highest BCUT2D eigenvalue weighted by molar-refractivity contribution is 6.31. The van der Waals surface area contributed by atoms with E-state index in [9.17, 15) is 9.59 Å². The van der Waals surface area contributed by atoms with Crippen LogP contribution in [0.3, 0.4) is 0 Å². The van der Waals surface area contributed by atoms with Gasteiger partial charge in [0.1, 0.15) is 29.9 Å². The number of carbonyl (C=O) groups is 2. The van der Waals surface area contributed by atoms with Gasteiger partial charge >= 0.3 is 6.03 Å². The van der Waals surface area contributed by atoms with Crippen LogP contribution in [0, 0.1) is 6.92 Å². The van der Waals surface area contributed by atoms with Gasteiger partial charge in [-0.15, -0.1) is 0 Å². The molecule has 1 fully saturated rings. The van der Waals surface area contributed by atoms with Gasteiger partial charge in [0.2, 0.25) is 5.91 Å². The number of amidine groups is 1. The van der Waals surface area contributed by atoms with E-state index in [1.54, 1.807) is 35.1 Å². The fourth-order valence-electron chi connectivity index (χ4n) is 4.93. The molecule has 0 bridgehead atoms. The van der Waals surface area contributed by atoms with Gasteiger partial charge in [0.05, 0.1) is 24.8 Å². The summed E-state index contributed by atoms with van der Waals surface area (Å²) in [5.41, 5.74) is 3.29. The van der Waals surface area contributed by atoms with Crippen LogP contribution < -0.4 is 14.8 Å². The molecule has 0 unspecified atom stereocenters. The molecule has 0 saturated carbocycles. The fraction of sp³-hybridized carbons (Fsp3) is 0.344. The van der Waals surface area contributed by atoms with Crippen LogP contribution in [0.4, 0.5) is 4.79 Å². The summed E-state index contributed by atoms with van der Waals surface area (Å²) in [6, 6.07) is 12.1. The van der Waals surface area contributed by atoms with Crippen LogP contribution in [0.5, 0.6) is 11.5 Å². The molecule has 0 spiro atoms. The van der Waals surface area contributed by atoms with Gasteiger partial charge in [-0.3, -0.25) is 14.7 Å². The highest BCUT2D eigenvalue weighted by Gasteiger charge is 2.45. The maximum absolute atomic E-state index is 14.4. The van der Waals surface area contributed by atoms with Gasteiger partial charge in [0, 0.05) is 24.2 Å². The largest absolute Gasteiger partial charge is 0.497 e. The van der Waals surface area contributed by atoms with Crippen LogP contribution in [0.2, 0.25) is 0 Å². The lowest BCUT2D eigenvalue weighted by Gasteiger charge is -2.36. The molecule has 2 aliphatic heterocycles. The summed E-state index contributed by atoms with van der Waals surface area (Å²) in [7, 11) is 1.59. The van der Waals surface area contributed by atoms with Crippen LogP contribution in [0.25, 0.3) is 0 Å². The van der Waals surface area contributed by atoms with Crippen molar-refractivity contribution in [2.45, 2.75) is 45.9 Å². The second kappa shape index (κ2) is 13.1. The zero-order chi connectivity index (χ0) is 29.7. The van der Waals surface area contributed by atoms with Crippen molar-refractivity contribution in [2.24, 2.45) is 4.99 Å². The second-order valence-electron chi connectivity index (χ2n) is 10.3. The van der Waals surface area contributed by atoms with Crippen LogP contribution in [0.15, 0.2) is 82.9 Å². The normalized spacial score (nSPS) is 19.4. The lowest BCUT2D eigenvalue weighted by atomic mass is 9.93. The maximum Gasteiger partial charge on any atom is 0.326 e. The molecule has 1 saturated heterocycles. The van der Waals surface area contributed by atoms with Crippen molar-refractivity contribution >= 4 is 29.4 Å². The lowest BCUT2D eigenvalue weighted by molar-refractivity contribution is -0.123. The van der Waals surface area contributed by atoms with Gasteiger partial charge in [-0.1, -0.05) is 60.2 Å². The zero-order valence-electron chi connectivity index (χ0n) is 24.2. The summed E-state index contributed by atoms with van der Waals surface area (Å²) in [5.74, 6) is 1.38. The summed E-state index contributed by atoms with van der Waals surface area (Å²) in [5, 5.41) is 3.34. The minimum absolute atomic E-state index is 0.0465. The molecule has 2 atom stereocenters. The first-order valence-electron chi connectivity index (χ1n) is 13.7. The number of nitrogens with zero attached hydrogens (tertiary/aromatic N) is 3. The SMILES string of the molecule is C=C(/C=C\C(Cl)=C/C)[C@@H]1[C@H](c2cccc(C)c2)N=C(c2ccc(OC)cc2OC(C)C)N1C(=O)N1CCNC(=O)C1. The Morgan fingerprint density at radius 2 is 2.00 bits per heavy atom. The van der Waals surface area contributed by atoms with Gasteiger partial charge in [-0.05, 0) is 57.0 Å². The first kappa shape index (κ1) is 29.9. The molecule has 8 nitrogen and oxygen atoms in total. The average molecular weight is 577 g/mol. The van der Waals surface area contributed by atoms with E-state index in [0.717, 1.165) is 11.1 Å². The number of methoxy groups -OCH3 is 1.